The summed E-state index contributed by atoms with van der Waals surface area (Å²) in [5.74, 6) is 0. The summed E-state index contributed by atoms with van der Waals surface area (Å²) >= 11 is 15.3. The van der Waals surface area contributed by atoms with Crippen molar-refractivity contribution in [2.75, 3.05) is 18.4 Å². The van der Waals surface area contributed by atoms with Crippen LogP contribution in [-0.2, 0) is 0 Å². The molecule has 1 aromatic heterocycles. The molecule has 2 aromatic carbocycles. The van der Waals surface area contributed by atoms with Crippen molar-refractivity contribution in [1.29, 1.82) is 0 Å². The first-order valence-electron chi connectivity index (χ1n) is 8.93. The maximum atomic E-state index is 12.6. The van der Waals surface area contributed by atoms with Crippen LogP contribution in [0.15, 0.2) is 45.7 Å². The van der Waals surface area contributed by atoms with E-state index in [1.807, 2.05) is 18.2 Å². The van der Waals surface area contributed by atoms with Crippen molar-refractivity contribution in [3.63, 3.8) is 0 Å². The number of para-hydroxylation sites is 1. The minimum atomic E-state index is -0.890. The molecule has 29 heavy (non-hydrogen) atoms. The molecule has 0 saturated carbocycles. The lowest BCUT2D eigenvalue weighted by atomic mass is 10.0. The third kappa shape index (κ3) is 3.90. The van der Waals surface area contributed by atoms with Gasteiger partial charge in [0, 0.05) is 16.7 Å². The second-order valence-corrected chi connectivity index (χ2v) is 8.53. The molecule has 1 fully saturated rings. The summed E-state index contributed by atoms with van der Waals surface area (Å²) in [6.45, 7) is 0.493. The molecule has 1 aliphatic rings. The van der Waals surface area contributed by atoms with Gasteiger partial charge in [-0.05, 0) is 52.7 Å². The second kappa shape index (κ2) is 8.02. The molecule has 3 N–H and O–H groups in total. The van der Waals surface area contributed by atoms with Gasteiger partial charge in [0.15, 0.2) is 0 Å². The Morgan fingerprint density at radius 2 is 2.03 bits per heavy atom. The molecule has 2 heterocycles. The van der Waals surface area contributed by atoms with Crippen LogP contribution in [0, 0.1) is 0 Å². The van der Waals surface area contributed by atoms with E-state index in [1.165, 1.54) is 4.90 Å². The number of piperidine rings is 1. The number of aromatic amines is 1. The predicted molar refractivity (Wildman–Crippen MR) is 117 cm³/mol. The van der Waals surface area contributed by atoms with E-state index in [2.05, 4.69) is 26.2 Å². The molecular weight excluding hydrogens is 483 g/mol. The summed E-state index contributed by atoms with van der Waals surface area (Å²) in [7, 11) is 0. The molecule has 0 unspecified atom stereocenters. The van der Waals surface area contributed by atoms with E-state index in [0.717, 1.165) is 4.47 Å². The number of nitrogens with zero attached hydrogens (tertiary/aromatic N) is 2. The Labute approximate surface area is 184 Å². The Morgan fingerprint density at radius 1 is 1.24 bits per heavy atom. The number of aliphatic hydroxyl groups excluding tert-OH is 1. The van der Waals surface area contributed by atoms with E-state index in [9.17, 15) is 14.7 Å². The van der Waals surface area contributed by atoms with Crippen molar-refractivity contribution >= 4 is 61.9 Å². The topological polar surface area (TPSA) is 90.4 Å². The quantitative estimate of drug-likeness (QED) is 0.492. The first-order chi connectivity index (χ1) is 13.8. The lowest BCUT2D eigenvalue weighted by Crippen LogP contribution is -2.49. The number of likely N-dealkylation sites (tertiary alicyclic amines) is 1. The van der Waals surface area contributed by atoms with Crippen molar-refractivity contribution in [3.05, 3.63) is 61.4 Å². The molecule has 0 aliphatic carbocycles. The first-order valence-corrected chi connectivity index (χ1v) is 10.5. The van der Waals surface area contributed by atoms with Gasteiger partial charge in [-0.3, -0.25) is 4.57 Å². The number of aliphatic hydroxyl groups is 1. The summed E-state index contributed by atoms with van der Waals surface area (Å²) in [6.07, 6.45) is -0.450. The minimum absolute atomic E-state index is 0.102. The summed E-state index contributed by atoms with van der Waals surface area (Å²) in [5, 5.41) is 14.2. The zero-order chi connectivity index (χ0) is 20.7. The average Bonchev–Trinajstić information content (AvgIpc) is 3.02. The molecule has 10 heteroatoms. The van der Waals surface area contributed by atoms with Crippen LogP contribution < -0.4 is 11.0 Å². The van der Waals surface area contributed by atoms with Crippen molar-refractivity contribution in [2.45, 2.75) is 18.6 Å². The van der Waals surface area contributed by atoms with Gasteiger partial charge in [-0.2, -0.15) is 0 Å². The normalized spacial score (nSPS) is 19.5. The zero-order valence-corrected chi connectivity index (χ0v) is 18.1. The zero-order valence-electron chi connectivity index (χ0n) is 15.0. The van der Waals surface area contributed by atoms with Crippen molar-refractivity contribution in [3.8, 4) is 0 Å². The Balaban J connectivity index is 1.51. The number of carbonyl (C=O) groups excluding carboxylic acids is 1. The van der Waals surface area contributed by atoms with E-state index in [4.69, 9.17) is 23.2 Å². The van der Waals surface area contributed by atoms with Gasteiger partial charge in [-0.25, -0.2) is 9.59 Å². The van der Waals surface area contributed by atoms with Gasteiger partial charge in [-0.15, -0.1) is 0 Å². The van der Waals surface area contributed by atoms with E-state index in [1.54, 1.807) is 22.8 Å². The number of H-pyrrole nitrogens is 1. The van der Waals surface area contributed by atoms with Crippen LogP contribution in [0.25, 0.3) is 11.0 Å². The summed E-state index contributed by atoms with van der Waals surface area (Å²) in [4.78, 5) is 29.4. The summed E-state index contributed by atoms with van der Waals surface area (Å²) in [6, 6.07) is 9.54. The van der Waals surface area contributed by atoms with Gasteiger partial charge in [0.25, 0.3) is 0 Å². The maximum absolute atomic E-state index is 12.6. The van der Waals surface area contributed by atoms with Crippen LogP contribution in [0.4, 0.5) is 10.5 Å². The molecule has 7 nitrogen and oxygen atoms in total. The number of halogens is 3. The van der Waals surface area contributed by atoms with Crippen LogP contribution in [0.2, 0.25) is 10.0 Å². The number of amides is 2. The minimum Gasteiger partial charge on any atom is -0.389 e. The fourth-order valence-corrected chi connectivity index (χ4v) is 4.38. The highest BCUT2D eigenvalue weighted by atomic mass is 79.9. The number of anilines is 1. The number of rotatable bonds is 2. The van der Waals surface area contributed by atoms with Crippen LogP contribution in [0.5, 0.6) is 0 Å². The van der Waals surface area contributed by atoms with Crippen LogP contribution >= 0.6 is 39.1 Å². The van der Waals surface area contributed by atoms with E-state index >= 15 is 0 Å². The van der Waals surface area contributed by atoms with E-state index in [-0.39, 0.29) is 18.3 Å². The number of hydrogen-bond acceptors (Lipinski definition) is 3. The molecule has 2 amide bonds. The number of β-amino-alcohol motifs (C(OH)–C–C–N with tert-alkyl or cyclic N) is 1. The third-order valence-corrected chi connectivity index (χ3v) is 6.44. The van der Waals surface area contributed by atoms with Crippen LogP contribution in [0.3, 0.4) is 0 Å². The number of fused-ring (bicyclic) bond motifs is 1. The molecule has 0 bridgehead atoms. The summed E-state index contributed by atoms with van der Waals surface area (Å²) in [5.41, 5.74) is 1.62. The van der Waals surface area contributed by atoms with Crippen molar-refractivity contribution in [2.24, 2.45) is 0 Å². The van der Waals surface area contributed by atoms with E-state index in [0.29, 0.717) is 39.7 Å². The monoisotopic (exact) mass is 498 g/mol. The number of urea groups is 1. The number of hydrogen-bond donors (Lipinski definition) is 3. The lowest BCUT2D eigenvalue weighted by molar-refractivity contribution is 0.0442. The molecular formula is C19H17BrCl2N4O3. The molecule has 2 atom stereocenters. The Kier molecular flexibility index (Phi) is 5.61. The van der Waals surface area contributed by atoms with Gasteiger partial charge in [0.2, 0.25) is 0 Å². The first kappa shape index (κ1) is 20.3. The average molecular weight is 500 g/mol. The Hall–Kier alpha value is -2.00. The van der Waals surface area contributed by atoms with E-state index < -0.39 is 12.1 Å². The standard InChI is InChI=1S/C19H17BrCl2N4O3/c20-11-2-1-3-15-17(11)24-19(29)26(15)14-6-7-25(9-16(14)27)18(28)23-10-4-5-12(21)13(22)8-10/h1-5,8,14,16,27H,6-7,9H2,(H,23,28)(H,24,29)/t14-,16-/m0/s1. The molecule has 1 aliphatic heterocycles. The highest BCUT2D eigenvalue weighted by Gasteiger charge is 2.33. The highest BCUT2D eigenvalue weighted by Crippen LogP contribution is 2.29. The fraction of sp³-hybridized carbons (Fsp3) is 0.263. The SMILES string of the molecule is O=C(Nc1ccc(Cl)c(Cl)c1)N1CC[C@H](n2c(=O)[nH]c3c(Br)cccc32)[C@@H](O)C1. The molecule has 152 valence electrons. The van der Waals surface area contributed by atoms with Crippen molar-refractivity contribution < 1.29 is 9.90 Å². The smallest absolute Gasteiger partial charge is 0.326 e. The molecule has 4 rings (SSSR count). The number of benzene rings is 2. The van der Waals surface area contributed by atoms with Crippen LogP contribution in [-0.4, -0.2) is 44.8 Å². The number of imidazole rings is 1. The fourth-order valence-electron chi connectivity index (χ4n) is 3.62. The highest BCUT2D eigenvalue weighted by molar-refractivity contribution is 9.10. The molecule has 1 saturated heterocycles. The molecule has 0 radical (unpaired) electrons. The summed E-state index contributed by atoms with van der Waals surface area (Å²) < 4.78 is 2.35. The van der Waals surface area contributed by atoms with Gasteiger partial charge in [0.05, 0.1) is 39.8 Å². The largest absolute Gasteiger partial charge is 0.389 e. The molecule has 3 aromatic rings. The number of carbonyl (C=O) groups is 1. The van der Waals surface area contributed by atoms with Gasteiger partial charge in [0.1, 0.15) is 0 Å². The van der Waals surface area contributed by atoms with Gasteiger partial charge in [-0.1, -0.05) is 29.3 Å². The van der Waals surface area contributed by atoms with Gasteiger partial charge >= 0.3 is 11.7 Å². The third-order valence-electron chi connectivity index (χ3n) is 5.04. The van der Waals surface area contributed by atoms with Crippen molar-refractivity contribution in [1.82, 2.24) is 14.5 Å². The number of aromatic nitrogens is 2. The van der Waals surface area contributed by atoms with Crippen LogP contribution in [0.1, 0.15) is 12.5 Å². The Morgan fingerprint density at radius 3 is 2.76 bits per heavy atom. The predicted octanol–water partition coefficient (Wildman–Crippen LogP) is 4.24. The molecule has 0 spiro atoms. The maximum Gasteiger partial charge on any atom is 0.326 e. The number of nitrogens with one attached hydrogen (secondary N) is 2. The lowest BCUT2D eigenvalue weighted by Gasteiger charge is -2.36. The Bertz CT molecular complexity index is 1150. The van der Waals surface area contributed by atoms with Gasteiger partial charge < -0.3 is 20.3 Å². The second-order valence-electron chi connectivity index (χ2n) is 6.86.